The molecule has 0 spiro atoms. The van der Waals surface area contributed by atoms with Crippen molar-refractivity contribution in [2.45, 2.75) is 32.1 Å². The van der Waals surface area contributed by atoms with Crippen LogP contribution >= 0.6 is 11.6 Å². The fourth-order valence-electron chi connectivity index (χ4n) is 2.63. The van der Waals surface area contributed by atoms with Crippen LogP contribution in [0.2, 0.25) is 5.02 Å². The Morgan fingerprint density at radius 2 is 1.95 bits per heavy atom. The Balaban J connectivity index is 1.72. The molecule has 1 aliphatic heterocycles. The van der Waals surface area contributed by atoms with E-state index < -0.39 is 11.7 Å². The molecule has 0 radical (unpaired) electrons. The van der Waals surface area contributed by atoms with Crippen LogP contribution in [0, 0.1) is 5.82 Å². The summed E-state index contributed by atoms with van der Waals surface area (Å²) >= 11 is 5.79. The average molecular weight is 313 g/mol. The Kier molecular flexibility index (Phi) is 6.46. The lowest BCUT2D eigenvalue weighted by Gasteiger charge is -2.19. The summed E-state index contributed by atoms with van der Waals surface area (Å²) in [6, 6.07) is 4.02. The van der Waals surface area contributed by atoms with E-state index in [0.717, 1.165) is 26.1 Å². The zero-order chi connectivity index (χ0) is 15.1. The van der Waals surface area contributed by atoms with Crippen LogP contribution in [0.3, 0.4) is 0 Å². The third-order valence-electron chi connectivity index (χ3n) is 3.81. The first-order valence-electron chi connectivity index (χ1n) is 7.62. The Hall–Kier alpha value is -1.13. The number of benzene rings is 1. The van der Waals surface area contributed by atoms with Gasteiger partial charge in [0.2, 0.25) is 0 Å². The first-order valence-corrected chi connectivity index (χ1v) is 8.00. The van der Waals surface area contributed by atoms with Crippen LogP contribution in [0.25, 0.3) is 0 Å². The number of likely N-dealkylation sites (tertiary alicyclic amines) is 1. The van der Waals surface area contributed by atoms with Crippen LogP contribution in [0.5, 0.6) is 0 Å². The van der Waals surface area contributed by atoms with Gasteiger partial charge in [0.25, 0.3) is 5.91 Å². The Labute approximate surface area is 130 Å². The number of nitrogens with zero attached hydrogens (tertiary/aromatic N) is 1. The van der Waals surface area contributed by atoms with Gasteiger partial charge in [-0.15, -0.1) is 0 Å². The summed E-state index contributed by atoms with van der Waals surface area (Å²) in [5.41, 5.74) is 0.0114. The highest BCUT2D eigenvalue weighted by Gasteiger charge is 2.12. The van der Waals surface area contributed by atoms with Crippen molar-refractivity contribution in [1.82, 2.24) is 10.2 Å². The number of hydrogen-bond acceptors (Lipinski definition) is 2. The summed E-state index contributed by atoms with van der Waals surface area (Å²) in [4.78, 5) is 14.3. The van der Waals surface area contributed by atoms with Crippen molar-refractivity contribution in [2.24, 2.45) is 0 Å². The number of halogens is 2. The number of carbonyl (C=O) groups is 1. The summed E-state index contributed by atoms with van der Waals surface area (Å²) in [5.74, 6) is -0.935. The second-order valence-corrected chi connectivity index (χ2v) is 5.93. The molecule has 0 aliphatic carbocycles. The second-order valence-electron chi connectivity index (χ2n) is 5.49. The van der Waals surface area contributed by atoms with Crippen molar-refractivity contribution in [3.05, 3.63) is 34.6 Å². The zero-order valence-electron chi connectivity index (χ0n) is 12.2. The fourth-order valence-corrected chi connectivity index (χ4v) is 2.80. The normalized spacial score (nSPS) is 16.5. The summed E-state index contributed by atoms with van der Waals surface area (Å²) in [7, 11) is 0. The number of amides is 1. The van der Waals surface area contributed by atoms with E-state index in [9.17, 15) is 9.18 Å². The van der Waals surface area contributed by atoms with Gasteiger partial charge in [0.05, 0.1) is 5.56 Å². The maximum Gasteiger partial charge on any atom is 0.254 e. The summed E-state index contributed by atoms with van der Waals surface area (Å²) in [6.45, 7) is 3.84. The van der Waals surface area contributed by atoms with E-state index >= 15 is 0 Å². The molecule has 3 nitrogen and oxygen atoms in total. The van der Waals surface area contributed by atoms with Gasteiger partial charge >= 0.3 is 0 Å². The molecule has 0 bridgehead atoms. The topological polar surface area (TPSA) is 32.3 Å². The lowest BCUT2D eigenvalue weighted by molar-refractivity contribution is 0.0947. The number of nitrogens with one attached hydrogen (secondary N) is 1. The minimum absolute atomic E-state index is 0.0114. The van der Waals surface area contributed by atoms with Gasteiger partial charge < -0.3 is 10.2 Å². The van der Waals surface area contributed by atoms with Crippen molar-refractivity contribution < 1.29 is 9.18 Å². The van der Waals surface area contributed by atoms with Crippen molar-refractivity contribution in [2.75, 3.05) is 26.2 Å². The molecule has 1 amide bonds. The van der Waals surface area contributed by atoms with Crippen LogP contribution in [0.4, 0.5) is 4.39 Å². The second kappa shape index (κ2) is 8.35. The molecule has 1 saturated heterocycles. The first-order chi connectivity index (χ1) is 10.2. The lowest BCUT2D eigenvalue weighted by Crippen LogP contribution is -2.31. The van der Waals surface area contributed by atoms with Gasteiger partial charge in [-0.05, 0) is 57.1 Å². The highest BCUT2D eigenvalue weighted by molar-refractivity contribution is 6.30. The van der Waals surface area contributed by atoms with Gasteiger partial charge in [-0.3, -0.25) is 4.79 Å². The molecule has 116 valence electrons. The summed E-state index contributed by atoms with van der Waals surface area (Å²) in [5, 5.41) is 3.12. The van der Waals surface area contributed by atoms with E-state index in [0.29, 0.717) is 11.6 Å². The molecule has 1 fully saturated rings. The standard InChI is InChI=1S/C16H22ClFN2O/c17-13-6-7-15(18)14(12-13)16(21)19-8-5-11-20-9-3-1-2-4-10-20/h6-7,12H,1-5,8-11H2,(H,19,21). The monoisotopic (exact) mass is 312 g/mol. The molecule has 21 heavy (non-hydrogen) atoms. The van der Waals surface area contributed by atoms with Crippen LogP contribution in [-0.2, 0) is 0 Å². The minimum Gasteiger partial charge on any atom is -0.352 e. The van der Waals surface area contributed by atoms with E-state index in [1.54, 1.807) is 0 Å². The smallest absolute Gasteiger partial charge is 0.254 e. The molecule has 0 atom stereocenters. The zero-order valence-corrected chi connectivity index (χ0v) is 13.0. The Morgan fingerprint density at radius 1 is 1.24 bits per heavy atom. The fraction of sp³-hybridized carbons (Fsp3) is 0.562. The van der Waals surface area contributed by atoms with Gasteiger partial charge in [-0.25, -0.2) is 4.39 Å². The molecule has 5 heteroatoms. The predicted molar refractivity (Wildman–Crippen MR) is 83.3 cm³/mol. The highest BCUT2D eigenvalue weighted by Crippen LogP contribution is 2.14. The van der Waals surface area contributed by atoms with E-state index in [4.69, 9.17) is 11.6 Å². The molecule has 1 aliphatic rings. The van der Waals surface area contributed by atoms with Crippen LogP contribution in [0.15, 0.2) is 18.2 Å². The van der Waals surface area contributed by atoms with Gasteiger partial charge in [0, 0.05) is 11.6 Å². The van der Waals surface area contributed by atoms with E-state index in [1.807, 2.05) is 0 Å². The van der Waals surface area contributed by atoms with E-state index in [-0.39, 0.29) is 5.56 Å². The van der Waals surface area contributed by atoms with Crippen molar-refractivity contribution >= 4 is 17.5 Å². The van der Waals surface area contributed by atoms with Gasteiger partial charge in [-0.1, -0.05) is 24.4 Å². The molecule has 1 aromatic rings. The average Bonchev–Trinajstić information content (AvgIpc) is 2.74. The summed E-state index contributed by atoms with van der Waals surface area (Å²) in [6.07, 6.45) is 6.05. The quantitative estimate of drug-likeness (QED) is 0.844. The Morgan fingerprint density at radius 3 is 2.67 bits per heavy atom. The van der Waals surface area contributed by atoms with Crippen molar-refractivity contribution in [3.63, 3.8) is 0 Å². The number of carbonyl (C=O) groups excluding carboxylic acids is 1. The largest absolute Gasteiger partial charge is 0.352 e. The summed E-state index contributed by atoms with van der Waals surface area (Å²) < 4.78 is 13.5. The maximum absolute atomic E-state index is 13.5. The van der Waals surface area contributed by atoms with E-state index in [1.165, 1.54) is 43.9 Å². The SMILES string of the molecule is O=C(NCCCN1CCCCCC1)c1cc(Cl)ccc1F. The molecule has 0 saturated carbocycles. The van der Waals surface area contributed by atoms with Crippen LogP contribution in [0.1, 0.15) is 42.5 Å². The maximum atomic E-state index is 13.5. The molecular weight excluding hydrogens is 291 g/mol. The molecule has 2 rings (SSSR count). The third-order valence-corrected chi connectivity index (χ3v) is 4.04. The molecule has 1 heterocycles. The van der Waals surface area contributed by atoms with Crippen LogP contribution < -0.4 is 5.32 Å². The van der Waals surface area contributed by atoms with Crippen molar-refractivity contribution in [1.29, 1.82) is 0 Å². The van der Waals surface area contributed by atoms with Gasteiger partial charge in [0.15, 0.2) is 0 Å². The number of rotatable bonds is 5. The lowest BCUT2D eigenvalue weighted by atomic mass is 10.2. The van der Waals surface area contributed by atoms with Crippen molar-refractivity contribution in [3.8, 4) is 0 Å². The molecule has 0 aromatic heterocycles. The van der Waals surface area contributed by atoms with E-state index in [2.05, 4.69) is 10.2 Å². The first kappa shape index (κ1) is 16.2. The highest BCUT2D eigenvalue weighted by atomic mass is 35.5. The third kappa shape index (κ3) is 5.29. The molecule has 0 unspecified atom stereocenters. The Bertz CT molecular complexity index is 473. The minimum atomic E-state index is -0.538. The van der Waals surface area contributed by atoms with Gasteiger partial charge in [0.1, 0.15) is 5.82 Å². The van der Waals surface area contributed by atoms with Crippen LogP contribution in [-0.4, -0.2) is 37.0 Å². The number of hydrogen-bond donors (Lipinski definition) is 1. The predicted octanol–water partition coefficient (Wildman–Crippen LogP) is 3.48. The molecule has 1 aromatic carbocycles. The van der Waals surface area contributed by atoms with Gasteiger partial charge in [-0.2, -0.15) is 0 Å². The molecular formula is C16H22ClFN2O. The molecule has 1 N–H and O–H groups in total.